The third-order valence-corrected chi connectivity index (χ3v) is 5.11. The van der Waals surface area contributed by atoms with Crippen LogP contribution in [0.15, 0.2) is 53.4 Å². The number of aromatic hydroxyl groups is 1. The molecule has 132 valence electrons. The first-order valence-electron chi connectivity index (χ1n) is 7.84. The number of rotatable bonds is 4. The molecule has 0 unspecified atom stereocenters. The van der Waals surface area contributed by atoms with Gasteiger partial charge >= 0.3 is 0 Å². The minimum atomic E-state index is -0.431. The number of nitrogens with one attached hydrogen (secondary N) is 1. The summed E-state index contributed by atoms with van der Waals surface area (Å²) in [5, 5.41) is 12.3. The molecule has 2 aromatic carbocycles. The number of phenolic OH excluding ortho intramolecular Hbond substituents is 1. The molecular weight excluding hydrogens is 368 g/mol. The van der Waals surface area contributed by atoms with Crippen LogP contribution in [0.4, 0.5) is 5.69 Å². The third kappa shape index (κ3) is 4.12. The molecule has 2 aromatic rings. The Labute approximate surface area is 160 Å². The molecule has 7 heteroatoms. The maximum Gasteiger partial charge on any atom is 0.266 e. The monoisotopic (exact) mass is 384 g/mol. The Morgan fingerprint density at radius 3 is 2.62 bits per heavy atom. The summed E-state index contributed by atoms with van der Waals surface area (Å²) in [7, 11) is 0. The molecular formula is C19H16N2O3S2. The number of hydrogen-bond donors (Lipinski definition) is 2. The van der Waals surface area contributed by atoms with Crippen molar-refractivity contribution in [2.75, 3.05) is 11.9 Å². The van der Waals surface area contributed by atoms with Crippen molar-refractivity contribution in [1.82, 2.24) is 4.90 Å². The van der Waals surface area contributed by atoms with E-state index in [0.29, 0.717) is 9.23 Å². The number of nitrogens with zero attached hydrogens (tertiary/aromatic N) is 1. The maximum atomic E-state index is 12.6. The molecule has 0 aliphatic carbocycles. The summed E-state index contributed by atoms with van der Waals surface area (Å²) in [6.07, 6.45) is 1.76. The van der Waals surface area contributed by atoms with Crippen LogP contribution in [0.3, 0.4) is 0 Å². The lowest BCUT2D eigenvalue weighted by Crippen LogP contribution is -2.36. The Morgan fingerprint density at radius 2 is 1.92 bits per heavy atom. The Hall–Kier alpha value is -2.64. The molecule has 1 aliphatic heterocycles. The van der Waals surface area contributed by atoms with Crippen LogP contribution >= 0.6 is 24.0 Å². The van der Waals surface area contributed by atoms with Crippen molar-refractivity contribution in [3.8, 4) is 5.75 Å². The lowest BCUT2D eigenvalue weighted by molar-refractivity contribution is -0.126. The van der Waals surface area contributed by atoms with Gasteiger partial charge in [-0.05, 0) is 30.7 Å². The Balaban J connectivity index is 1.70. The molecule has 0 saturated carbocycles. The number of hydrogen-bond acceptors (Lipinski definition) is 5. The zero-order chi connectivity index (χ0) is 18.7. The molecule has 1 fully saturated rings. The van der Waals surface area contributed by atoms with Crippen LogP contribution in [0.25, 0.3) is 6.08 Å². The van der Waals surface area contributed by atoms with Gasteiger partial charge in [-0.15, -0.1) is 0 Å². The van der Waals surface area contributed by atoms with Gasteiger partial charge in [-0.1, -0.05) is 65.9 Å². The fourth-order valence-electron chi connectivity index (χ4n) is 2.36. The summed E-state index contributed by atoms with van der Waals surface area (Å²) < 4.78 is 0.334. The van der Waals surface area contributed by atoms with E-state index in [1.54, 1.807) is 24.3 Å². The number of para-hydroxylation sites is 2. The van der Waals surface area contributed by atoms with Gasteiger partial charge < -0.3 is 10.4 Å². The predicted octanol–water partition coefficient (Wildman–Crippen LogP) is 3.54. The van der Waals surface area contributed by atoms with Crippen LogP contribution in [0.1, 0.15) is 11.1 Å². The lowest BCUT2D eigenvalue weighted by Gasteiger charge is -2.14. The normalized spacial score (nSPS) is 15.6. The summed E-state index contributed by atoms with van der Waals surface area (Å²) in [4.78, 5) is 26.5. The molecule has 3 rings (SSSR count). The van der Waals surface area contributed by atoms with Crippen LogP contribution in [-0.4, -0.2) is 32.7 Å². The quantitative estimate of drug-likeness (QED) is 0.479. The second-order valence-corrected chi connectivity index (χ2v) is 7.42. The fourth-order valence-corrected chi connectivity index (χ4v) is 3.62. The van der Waals surface area contributed by atoms with Gasteiger partial charge in [0.15, 0.2) is 0 Å². The first-order chi connectivity index (χ1) is 12.4. The van der Waals surface area contributed by atoms with E-state index in [0.717, 1.165) is 11.1 Å². The fraction of sp³-hybridized carbons (Fsp3) is 0.105. The number of amides is 2. The third-order valence-electron chi connectivity index (χ3n) is 3.73. The first kappa shape index (κ1) is 18.2. The zero-order valence-corrected chi connectivity index (χ0v) is 15.6. The van der Waals surface area contributed by atoms with E-state index in [1.165, 1.54) is 22.7 Å². The van der Waals surface area contributed by atoms with Crippen molar-refractivity contribution in [2.45, 2.75) is 6.92 Å². The second-order valence-electron chi connectivity index (χ2n) is 5.74. The maximum absolute atomic E-state index is 12.6. The van der Waals surface area contributed by atoms with Gasteiger partial charge in [0.25, 0.3) is 5.91 Å². The molecule has 0 atom stereocenters. The molecule has 1 heterocycles. The van der Waals surface area contributed by atoms with E-state index in [-0.39, 0.29) is 23.9 Å². The highest BCUT2D eigenvalue weighted by Crippen LogP contribution is 2.32. The predicted molar refractivity (Wildman–Crippen MR) is 108 cm³/mol. The number of thiocarbonyl (C=S) groups is 1. The topological polar surface area (TPSA) is 69.6 Å². The van der Waals surface area contributed by atoms with Crippen molar-refractivity contribution in [3.05, 3.63) is 64.6 Å². The van der Waals surface area contributed by atoms with E-state index in [4.69, 9.17) is 12.2 Å². The molecule has 1 aliphatic rings. The van der Waals surface area contributed by atoms with E-state index in [2.05, 4.69) is 5.32 Å². The van der Waals surface area contributed by atoms with Gasteiger partial charge in [0, 0.05) is 0 Å². The van der Waals surface area contributed by atoms with Crippen LogP contribution in [0, 0.1) is 6.92 Å². The molecule has 0 aromatic heterocycles. The number of aryl methyl sites for hydroxylation is 1. The van der Waals surface area contributed by atoms with Crippen molar-refractivity contribution in [2.24, 2.45) is 0 Å². The number of carbonyl (C=O) groups excluding carboxylic acids is 2. The van der Waals surface area contributed by atoms with E-state index >= 15 is 0 Å². The van der Waals surface area contributed by atoms with E-state index in [9.17, 15) is 14.7 Å². The number of benzene rings is 2. The molecule has 1 saturated heterocycles. The number of thioether (sulfide) groups is 1. The standard InChI is InChI=1S/C19H16N2O3S2/c1-12-6-8-13(9-7-12)10-16-18(24)21(19(25)26-16)11-17(23)20-14-4-2-3-5-15(14)22/h2-10,22H,11H2,1H3,(H,20,23). The number of anilines is 1. The average Bonchev–Trinajstić information content (AvgIpc) is 2.86. The number of carbonyl (C=O) groups is 2. The highest BCUT2D eigenvalue weighted by atomic mass is 32.2. The lowest BCUT2D eigenvalue weighted by atomic mass is 10.1. The summed E-state index contributed by atoms with van der Waals surface area (Å²) in [5.41, 5.74) is 2.32. The molecule has 0 radical (unpaired) electrons. The van der Waals surface area contributed by atoms with E-state index < -0.39 is 5.91 Å². The molecule has 26 heavy (non-hydrogen) atoms. The molecule has 5 nitrogen and oxygen atoms in total. The van der Waals surface area contributed by atoms with Crippen LogP contribution in [0.5, 0.6) is 5.75 Å². The van der Waals surface area contributed by atoms with Gasteiger partial charge in [-0.25, -0.2) is 0 Å². The minimum Gasteiger partial charge on any atom is -0.506 e. The minimum absolute atomic E-state index is 0.0366. The average molecular weight is 384 g/mol. The van der Waals surface area contributed by atoms with Gasteiger partial charge in [0.2, 0.25) is 5.91 Å². The molecule has 0 bridgehead atoms. The van der Waals surface area contributed by atoms with Gasteiger partial charge in [-0.2, -0.15) is 0 Å². The van der Waals surface area contributed by atoms with Crippen molar-refractivity contribution in [3.63, 3.8) is 0 Å². The summed E-state index contributed by atoms with van der Waals surface area (Å²) in [5.74, 6) is -0.766. The van der Waals surface area contributed by atoms with Crippen molar-refractivity contribution in [1.29, 1.82) is 0 Å². The smallest absolute Gasteiger partial charge is 0.266 e. The molecule has 0 spiro atoms. The Morgan fingerprint density at radius 1 is 1.23 bits per heavy atom. The summed E-state index contributed by atoms with van der Waals surface area (Å²) in [6, 6.07) is 14.2. The molecule has 2 N–H and O–H groups in total. The second kappa shape index (κ2) is 7.72. The van der Waals surface area contributed by atoms with Crippen molar-refractivity contribution >= 4 is 51.9 Å². The highest BCUT2D eigenvalue weighted by molar-refractivity contribution is 8.26. The van der Waals surface area contributed by atoms with Gasteiger partial charge in [0.05, 0.1) is 10.6 Å². The highest BCUT2D eigenvalue weighted by Gasteiger charge is 2.33. The zero-order valence-electron chi connectivity index (χ0n) is 13.9. The Kier molecular flexibility index (Phi) is 5.39. The summed E-state index contributed by atoms with van der Waals surface area (Å²) in [6.45, 7) is 1.79. The van der Waals surface area contributed by atoms with Gasteiger partial charge in [-0.3, -0.25) is 14.5 Å². The van der Waals surface area contributed by atoms with Crippen LogP contribution < -0.4 is 5.32 Å². The summed E-state index contributed by atoms with van der Waals surface area (Å²) >= 11 is 6.41. The number of phenols is 1. The Bertz CT molecular complexity index is 907. The van der Waals surface area contributed by atoms with Crippen LogP contribution in [0.2, 0.25) is 0 Å². The van der Waals surface area contributed by atoms with E-state index in [1.807, 2.05) is 31.2 Å². The molecule has 2 amide bonds. The van der Waals surface area contributed by atoms with Crippen molar-refractivity contribution < 1.29 is 14.7 Å². The largest absolute Gasteiger partial charge is 0.506 e. The van der Waals surface area contributed by atoms with Crippen LogP contribution in [-0.2, 0) is 9.59 Å². The first-order valence-corrected chi connectivity index (χ1v) is 9.06. The van der Waals surface area contributed by atoms with Gasteiger partial charge in [0.1, 0.15) is 16.6 Å². The SMILES string of the molecule is Cc1ccc(C=C2SC(=S)N(CC(=O)Nc3ccccc3O)C2=O)cc1.